The molecule has 0 aliphatic carbocycles. The van der Waals surface area contributed by atoms with E-state index in [2.05, 4.69) is 10.6 Å². The van der Waals surface area contributed by atoms with Gasteiger partial charge in [0.1, 0.15) is 13.2 Å². The van der Waals surface area contributed by atoms with Crippen LogP contribution in [-0.2, 0) is 4.79 Å². The Morgan fingerprint density at radius 3 is 2.67 bits per heavy atom. The molecule has 0 bridgehead atoms. The normalized spacial score (nSPS) is 16.1. The van der Waals surface area contributed by atoms with Gasteiger partial charge in [0.25, 0.3) is 0 Å². The molecule has 5 nitrogen and oxygen atoms in total. The number of rotatable bonds is 6. The lowest BCUT2D eigenvalue weighted by Crippen LogP contribution is -2.43. The molecule has 21 heavy (non-hydrogen) atoms. The van der Waals surface area contributed by atoms with Crippen molar-refractivity contribution >= 4 is 5.91 Å². The fourth-order valence-electron chi connectivity index (χ4n) is 2.28. The molecule has 0 aromatic heterocycles. The summed E-state index contributed by atoms with van der Waals surface area (Å²) < 4.78 is 11.1. The van der Waals surface area contributed by atoms with E-state index in [9.17, 15) is 4.79 Å². The zero-order valence-corrected chi connectivity index (χ0v) is 12.9. The summed E-state index contributed by atoms with van der Waals surface area (Å²) in [6.07, 6.45) is 0.941. The van der Waals surface area contributed by atoms with Crippen LogP contribution in [0.4, 0.5) is 0 Å². The molecule has 1 amide bonds. The first-order chi connectivity index (χ1) is 10.1. The minimum absolute atomic E-state index is 0.0289. The molecule has 1 aromatic rings. The second kappa shape index (κ2) is 7.31. The monoisotopic (exact) mass is 292 g/mol. The largest absolute Gasteiger partial charge is 0.486 e. The average molecular weight is 292 g/mol. The maximum Gasteiger partial charge on any atom is 0.236 e. The first-order valence-electron chi connectivity index (χ1n) is 7.55. The van der Waals surface area contributed by atoms with Crippen LogP contribution in [0, 0.1) is 0 Å². The van der Waals surface area contributed by atoms with Crippen LogP contribution >= 0.6 is 0 Å². The Kier molecular flexibility index (Phi) is 5.44. The van der Waals surface area contributed by atoms with E-state index in [-0.39, 0.29) is 18.0 Å². The fraction of sp³-hybridized carbons (Fsp3) is 0.562. The molecule has 5 heteroatoms. The van der Waals surface area contributed by atoms with Gasteiger partial charge >= 0.3 is 0 Å². The van der Waals surface area contributed by atoms with Crippen molar-refractivity contribution in [3.63, 3.8) is 0 Å². The molecular weight excluding hydrogens is 268 g/mol. The highest BCUT2D eigenvalue weighted by Crippen LogP contribution is 2.32. The lowest BCUT2D eigenvalue weighted by Gasteiger charge is -2.23. The minimum atomic E-state index is -0.236. The molecule has 0 spiro atoms. The predicted molar refractivity (Wildman–Crippen MR) is 81.7 cm³/mol. The van der Waals surface area contributed by atoms with Gasteiger partial charge in [0.2, 0.25) is 5.91 Å². The minimum Gasteiger partial charge on any atom is -0.486 e. The molecule has 2 atom stereocenters. The maximum atomic E-state index is 11.9. The van der Waals surface area contributed by atoms with Crippen molar-refractivity contribution in [2.75, 3.05) is 19.8 Å². The molecule has 1 heterocycles. The first-order valence-corrected chi connectivity index (χ1v) is 7.55. The van der Waals surface area contributed by atoms with Gasteiger partial charge in [0.05, 0.1) is 6.04 Å². The van der Waals surface area contributed by atoms with Crippen LogP contribution in [0.25, 0.3) is 0 Å². The van der Waals surface area contributed by atoms with Crippen LogP contribution in [0.1, 0.15) is 38.8 Å². The molecule has 0 fully saturated rings. The third-order valence-electron chi connectivity index (χ3n) is 3.51. The number of carbonyl (C=O) groups is 1. The molecule has 0 saturated carbocycles. The van der Waals surface area contributed by atoms with E-state index >= 15 is 0 Å². The van der Waals surface area contributed by atoms with Gasteiger partial charge in [-0.2, -0.15) is 0 Å². The van der Waals surface area contributed by atoms with Crippen molar-refractivity contribution in [2.45, 2.75) is 39.3 Å². The number of fused-ring (bicyclic) bond motifs is 1. The SMILES string of the molecule is CCCNC(=O)C(C)NC(C)c1ccc2c(c1)OCCO2. The molecule has 116 valence electrons. The Hall–Kier alpha value is -1.75. The number of hydrogen-bond acceptors (Lipinski definition) is 4. The number of nitrogens with one attached hydrogen (secondary N) is 2. The average Bonchev–Trinajstić information content (AvgIpc) is 2.51. The lowest BCUT2D eigenvalue weighted by molar-refractivity contribution is -0.122. The predicted octanol–water partition coefficient (Wildman–Crippen LogP) is 2.02. The van der Waals surface area contributed by atoms with E-state index in [1.54, 1.807) is 0 Å². The van der Waals surface area contributed by atoms with Gasteiger partial charge in [-0.05, 0) is 38.0 Å². The van der Waals surface area contributed by atoms with Gasteiger partial charge in [0, 0.05) is 12.6 Å². The van der Waals surface area contributed by atoms with Crippen molar-refractivity contribution < 1.29 is 14.3 Å². The third kappa shape index (κ3) is 4.11. The van der Waals surface area contributed by atoms with E-state index in [0.717, 1.165) is 23.5 Å². The second-order valence-electron chi connectivity index (χ2n) is 5.30. The van der Waals surface area contributed by atoms with Crippen LogP contribution in [0.15, 0.2) is 18.2 Å². The molecule has 2 N–H and O–H groups in total. The molecular formula is C16H24N2O3. The molecule has 2 unspecified atom stereocenters. The maximum absolute atomic E-state index is 11.9. The van der Waals surface area contributed by atoms with Crippen molar-refractivity contribution in [2.24, 2.45) is 0 Å². The Morgan fingerprint density at radius 2 is 1.95 bits per heavy atom. The van der Waals surface area contributed by atoms with Crippen molar-refractivity contribution in [1.29, 1.82) is 0 Å². The van der Waals surface area contributed by atoms with Gasteiger partial charge in [0.15, 0.2) is 11.5 Å². The first kappa shape index (κ1) is 15.6. The molecule has 1 aliphatic heterocycles. The third-order valence-corrected chi connectivity index (χ3v) is 3.51. The highest BCUT2D eigenvalue weighted by atomic mass is 16.6. The summed E-state index contributed by atoms with van der Waals surface area (Å²) in [7, 11) is 0. The summed E-state index contributed by atoms with van der Waals surface area (Å²) in [4.78, 5) is 11.9. The van der Waals surface area contributed by atoms with Gasteiger partial charge in [-0.1, -0.05) is 13.0 Å². The van der Waals surface area contributed by atoms with Crippen LogP contribution in [-0.4, -0.2) is 31.7 Å². The molecule has 1 aromatic carbocycles. The quantitative estimate of drug-likeness (QED) is 0.842. The van der Waals surface area contributed by atoms with Crippen LogP contribution in [0.5, 0.6) is 11.5 Å². The fourth-order valence-corrected chi connectivity index (χ4v) is 2.28. The van der Waals surface area contributed by atoms with E-state index in [0.29, 0.717) is 19.8 Å². The number of benzene rings is 1. The van der Waals surface area contributed by atoms with Crippen molar-refractivity contribution in [1.82, 2.24) is 10.6 Å². The highest BCUT2D eigenvalue weighted by Gasteiger charge is 2.18. The highest BCUT2D eigenvalue weighted by molar-refractivity contribution is 5.81. The summed E-state index contributed by atoms with van der Waals surface area (Å²) in [5, 5.41) is 6.20. The van der Waals surface area contributed by atoms with Crippen molar-refractivity contribution in [3.8, 4) is 11.5 Å². The Bertz CT molecular complexity index is 490. The van der Waals surface area contributed by atoms with E-state index in [1.165, 1.54) is 0 Å². The smallest absolute Gasteiger partial charge is 0.236 e. The molecule has 1 aliphatic rings. The molecule has 2 rings (SSSR count). The number of carbonyl (C=O) groups excluding carboxylic acids is 1. The van der Waals surface area contributed by atoms with Crippen LogP contribution < -0.4 is 20.1 Å². The van der Waals surface area contributed by atoms with Gasteiger partial charge in [-0.15, -0.1) is 0 Å². The second-order valence-corrected chi connectivity index (χ2v) is 5.30. The summed E-state index contributed by atoms with van der Waals surface area (Å²) in [5.41, 5.74) is 1.08. The Balaban J connectivity index is 1.96. The topological polar surface area (TPSA) is 59.6 Å². The summed E-state index contributed by atoms with van der Waals surface area (Å²) in [5.74, 6) is 1.59. The zero-order valence-electron chi connectivity index (χ0n) is 12.9. The number of ether oxygens (including phenoxy) is 2. The summed E-state index contributed by atoms with van der Waals surface area (Å²) >= 11 is 0. The van der Waals surface area contributed by atoms with Crippen LogP contribution in [0.3, 0.4) is 0 Å². The molecule has 0 radical (unpaired) electrons. The number of amides is 1. The lowest BCUT2D eigenvalue weighted by atomic mass is 10.1. The van der Waals surface area contributed by atoms with Crippen molar-refractivity contribution in [3.05, 3.63) is 23.8 Å². The zero-order chi connectivity index (χ0) is 15.2. The number of hydrogen-bond donors (Lipinski definition) is 2. The van der Waals surface area contributed by atoms with E-state index in [1.807, 2.05) is 39.0 Å². The summed E-state index contributed by atoms with van der Waals surface area (Å²) in [6, 6.07) is 5.72. The van der Waals surface area contributed by atoms with Gasteiger partial charge in [-0.3, -0.25) is 10.1 Å². The van der Waals surface area contributed by atoms with E-state index in [4.69, 9.17) is 9.47 Å². The summed E-state index contributed by atoms with van der Waals surface area (Å²) in [6.45, 7) is 7.83. The van der Waals surface area contributed by atoms with Crippen LogP contribution in [0.2, 0.25) is 0 Å². The molecule has 0 saturated heterocycles. The van der Waals surface area contributed by atoms with Gasteiger partial charge in [-0.25, -0.2) is 0 Å². The van der Waals surface area contributed by atoms with E-state index < -0.39 is 0 Å². The standard InChI is InChI=1S/C16H24N2O3/c1-4-7-17-16(19)12(3)18-11(2)13-5-6-14-15(10-13)21-9-8-20-14/h5-6,10-12,18H,4,7-9H2,1-3H3,(H,17,19). The van der Waals surface area contributed by atoms with Gasteiger partial charge < -0.3 is 14.8 Å². The Labute approximate surface area is 126 Å². The Morgan fingerprint density at radius 1 is 1.24 bits per heavy atom.